The molecule has 0 aliphatic heterocycles. The van der Waals surface area contributed by atoms with Gasteiger partial charge in [0.25, 0.3) is 0 Å². The van der Waals surface area contributed by atoms with Gasteiger partial charge in [-0.2, -0.15) is 5.26 Å². The molecule has 0 saturated heterocycles. The summed E-state index contributed by atoms with van der Waals surface area (Å²) in [5, 5.41) is 12.4. The van der Waals surface area contributed by atoms with E-state index in [1.807, 2.05) is 31.2 Å². The van der Waals surface area contributed by atoms with Crippen LogP contribution in [0.2, 0.25) is 0 Å². The second-order valence-corrected chi connectivity index (χ2v) is 5.49. The Morgan fingerprint density at radius 1 is 1.30 bits per heavy atom. The third-order valence-corrected chi connectivity index (χ3v) is 3.65. The molecule has 1 aromatic carbocycles. The van der Waals surface area contributed by atoms with E-state index in [4.69, 9.17) is 12.2 Å². The summed E-state index contributed by atoms with van der Waals surface area (Å²) in [6.07, 6.45) is 0. The van der Waals surface area contributed by atoms with Crippen molar-refractivity contribution in [3.63, 3.8) is 0 Å². The highest BCUT2D eigenvalue weighted by Crippen LogP contribution is 2.25. The van der Waals surface area contributed by atoms with E-state index in [9.17, 15) is 5.26 Å². The van der Waals surface area contributed by atoms with Gasteiger partial charge in [-0.3, -0.25) is 5.10 Å². The molecule has 0 atom stereocenters. The Morgan fingerprint density at radius 2 is 2.00 bits per heavy atom. The largest absolute Gasteiger partial charge is 0.277 e. The van der Waals surface area contributed by atoms with Crippen molar-refractivity contribution in [3.8, 4) is 17.3 Å². The second kappa shape index (κ2) is 4.81. The highest BCUT2D eigenvalue weighted by atomic mass is 79.9. The molecule has 5 nitrogen and oxygen atoms in total. The Bertz CT molecular complexity index is 901. The third-order valence-electron chi connectivity index (χ3n) is 2.85. The van der Waals surface area contributed by atoms with Gasteiger partial charge in [0.15, 0.2) is 5.65 Å². The number of nitrogens with zero attached hydrogens (tertiary/aromatic N) is 4. The normalized spacial score (nSPS) is 10.7. The van der Waals surface area contributed by atoms with Crippen molar-refractivity contribution in [2.45, 2.75) is 6.92 Å². The van der Waals surface area contributed by atoms with Crippen molar-refractivity contribution in [2.75, 3.05) is 0 Å². The predicted molar refractivity (Wildman–Crippen MR) is 80.8 cm³/mol. The van der Waals surface area contributed by atoms with E-state index < -0.39 is 0 Å². The topological polar surface area (TPSA) is 69.8 Å². The molecule has 0 fully saturated rings. The van der Waals surface area contributed by atoms with Gasteiger partial charge < -0.3 is 0 Å². The van der Waals surface area contributed by atoms with Gasteiger partial charge in [-0.15, -0.1) is 0 Å². The summed E-state index contributed by atoms with van der Waals surface area (Å²) in [7, 11) is 0. The molecule has 3 aromatic rings. The van der Waals surface area contributed by atoms with Gasteiger partial charge in [0.1, 0.15) is 17.5 Å². The zero-order chi connectivity index (χ0) is 14.3. The van der Waals surface area contributed by atoms with E-state index in [0.29, 0.717) is 27.5 Å². The van der Waals surface area contributed by atoms with Crippen LogP contribution in [0.15, 0.2) is 28.7 Å². The molecule has 20 heavy (non-hydrogen) atoms. The first kappa shape index (κ1) is 13.0. The average molecular weight is 346 g/mol. The van der Waals surface area contributed by atoms with Gasteiger partial charge in [0.05, 0.1) is 5.69 Å². The maximum Gasteiger partial charge on any atom is 0.221 e. The Labute approximate surface area is 128 Å². The summed E-state index contributed by atoms with van der Waals surface area (Å²) in [6, 6.07) is 9.74. The number of hydrogen-bond donors (Lipinski definition) is 1. The molecular weight excluding hydrogens is 338 g/mol. The number of halogens is 1. The van der Waals surface area contributed by atoms with Crippen molar-refractivity contribution < 1.29 is 0 Å². The fourth-order valence-electron chi connectivity index (χ4n) is 1.98. The summed E-state index contributed by atoms with van der Waals surface area (Å²) >= 11 is 8.63. The van der Waals surface area contributed by atoms with Crippen LogP contribution in [0.3, 0.4) is 0 Å². The molecule has 0 spiro atoms. The molecule has 0 bridgehead atoms. The van der Waals surface area contributed by atoms with E-state index in [0.717, 1.165) is 10.0 Å². The van der Waals surface area contributed by atoms with Crippen molar-refractivity contribution in [1.82, 2.24) is 19.6 Å². The lowest BCUT2D eigenvalue weighted by molar-refractivity contribution is 0.882. The van der Waals surface area contributed by atoms with Crippen LogP contribution < -0.4 is 0 Å². The second-order valence-electron chi connectivity index (χ2n) is 4.20. The van der Waals surface area contributed by atoms with Gasteiger partial charge in [-0.1, -0.05) is 28.1 Å². The molecule has 7 heteroatoms. The molecule has 0 aliphatic rings. The van der Waals surface area contributed by atoms with Gasteiger partial charge in [-0.05, 0) is 31.3 Å². The highest BCUT2D eigenvalue weighted by Gasteiger charge is 2.15. The van der Waals surface area contributed by atoms with E-state index in [2.05, 4.69) is 37.1 Å². The van der Waals surface area contributed by atoms with Gasteiger partial charge in [0, 0.05) is 10.0 Å². The van der Waals surface area contributed by atoms with Crippen molar-refractivity contribution in [2.24, 2.45) is 0 Å². The highest BCUT2D eigenvalue weighted by molar-refractivity contribution is 9.10. The minimum absolute atomic E-state index is 0.345. The first-order chi connectivity index (χ1) is 9.60. The van der Waals surface area contributed by atoms with E-state index in [1.165, 1.54) is 0 Å². The Balaban J connectivity index is 2.39. The van der Waals surface area contributed by atoms with Gasteiger partial charge >= 0.3 is 0 Å². The monoisotopic (exact) mass is 345 g/mol. The molecule has 98 valence electrons. The zero-order valence-corrected chi connectivity index (χ0v) is 12.8. The minimum atomic E-state index is 0.345. The Kier molecular flexibility index (Phi) is 3.12. The molecule has 3 rings (SSSR count). The standard InChI is InChI=1S/C13H8BrN5S/c1-7-16-12-10(6-15)11(17-13(20)19(12)18-7)8-2-4-9(14)5-3-8/h2-5H,1H3,(H,16,18). The molecular formula is C13H8BrN5S. The van der Waals surface area contributed by atoms with Crippen LogP contribution in [0.4, 0.5) is 0 Å². The zero-order valence-electron chi connectivity index (χ0n) is 10.4. The number of fused-ring (bicyclic) bond motifs is 1. The quantitative estimate of drug-likeness (QED) is 0.686. The van der Waals surface area contributed by atoms with Crippen LogP contribution in [0, 0.1) is 23.0 Å². The number of hydrogen-bond acceptors (Lipinski definition) is 4. The van der Waals surface area contributed by atoms with Crippen molar-refractivity contribution in [1.29, 1.82) is 5.26 Å². The average Bonchev–Trinajstić information content (AvgIpc) is 2.82. The van der Waals surface area contributed by atoms with Crippen molar-refractivity contribution >= 4 is 33.8 Å². The summed E-state index contributed by atoms with van der Waals surface area (Å²) < 4.78 is 2.85. The number of aryl methyl sites for hydroxylation is 1. The van der Waals surface area contributed by atoms with Crippen LogP contribution in [0.25, 0.3) is 16.9 Å². The Hall–Kier alpha value is -2.04. The SMILES string of the molecule is Cc1nc2c(C#N)c(-c3ccc(Br)cc3)nc(=S)n2[nH]1. The molecule has 0 amide bonds. The van der Waals surface area contributed by atoms with Crippen molar-refractivity contribution in [3.05, 3.63) is 44.9 Å². The molecule has 0 radical (unpaired) electrons. The van der Waals surface area contributed by atoms with Gasteiger partial charge in [0.2, 0.25) is 4.77 Å². The maximum atomic E-state index is 9.43. The van der Waals surface area contributed by atoms with Crippen LogP contribution in [0.1, 0.15) is 11.4 Å². The minimum Gasteiger partial charge on any atom is -0.277 e. The lowest BCUT2D eigenvalue weighted by Gasteiger charge is -2.04. The summed E-state index contributed by atoms with van der Waals surface area (Å²) in [4.78, 5) is 8.67. The third kappa shape index (κ3) is 2.03. The fraction of sp³-hybridized carbons (Fsp3) is 0.0769. The van der Waals surface area contributed by atoms with E-state index in [-0.39, 0.29) is 0 Å². The number of nitrogens with one attached hydrogen (secondary N) is 1. The van der Waals surface area contributed by atoms with Gasteiger partial charge in [-0.25, -0.2) is 14.5 Å². The number of benzene rings is 1. The van der Waals surface area contributed by atoms with Crippen LogP contribution >= 0.6 is 28.1 Å². The summed E-state index contributed by atoms with van der Waals surface area (Å²) in [6.45, 7) is 1.81. The fourth-order valence-corrected chi connectivity index (χ4v) is 2.47. The number of nitriles is 1. The number of aromatic nitrogens is 4. The van der Waals surface area contributed by atoms with E-state index in [1.54, 1.807) is 4.52 Å². The lowest BCUT2D eigenvalue weighted by atomic mass is 10.1. The molecule has 1 N–H and O–H groups in total. The number of rotatable bonds is 1. The van der Waals surface area contributed by atoms with Crippen LogP contribution in [0.5, 0.6) is 0 Å². The van der Waals surface area contributed by atoms with Crippen LogP contribution in [-0.4, -0.2) is 19.6 Å². The summed E-state index contributed by atoms with van der Waals surface area (Å²) in [5.74, 6) is 0.683. The first-order valence-corrected chi connectivity index (χ1v) is 6.95. The smallest absolute Gasteiger partial charge is 0.221 e. The molecule has 2 heterocycles. The number of aromatic amines is 1. The van der Waals surface area contributed by atoms with E-state index >= 15 is 0 Å². The summed E-state index contributed by atoms with van der Waals surface area (Å²) in [5.41, 5.74) is 2.30. The first-order valence-electron chi connectivity index (χ1n) is 5.75. The predicted octanol–water partition coefficient (Wildman–Crippen LogP) is 3.40. The van der Waals surface area contributed by atoms with Crippen LogP contribution in [-0.2, 0) is 0 Å². The number of H-pyrrole nitrogens is 1. The molecule has 0 aliphatic carbocycles. The Morgan fingerprint density at radius 3 is 2.65 bits per heavy atom. The maximum absolute atomic E-state index is 9.43. The molecule has 0 unspecified atom stereocenters. The molecule has 2 aromatic heterocycles. The lowest BCUT2D eigenvalue weighted by Crippen LogP contribution is -2.00. The molecule has 0 saturated carbocycles.